The maximum Gasteiger partial charge on any atom is 0.0382 e. The van der Waals surface area contributed by atoms with E-state index in [2.05, 4.69) is 60.0 Å². The van der Waals surface area contributed by atoms with Gasteiger partial charge in [0.2, 0.25) is 0 Å². The van der Waals surface area contributed by atoms with E-state index in [0.29, 0.717) is 6.04 Å². The van der Waals surface area contributed by atoms with Gasteiger partial charge in [-0.2, -0.15) is 0 Å². The third-order valence-corrected chi connectivity index (χ3v) is 3.60. The molecule has 0 saturated heterocycles. The summed E-state index contributed by atoms with van der Waals surface area (Å²) in [5.74, 6) is 0.913. The van der Waals surface area contributed by atoms with Gasteiger partial charge in [-0.3, -0.25) is 0 Å². The lowest BCUT2D eigenvalue weighted by Gasteiger charge is -2.34. The Hall–Kier alpha value is -0.250. The van der Waals surface area contributed by atoms with E-state index in [1.54, 1.807) is 0 Å². The Kier molecular flexibility index (Phi) is 3.00. The Balaban J connectivity index is 2.05. The summed E-state index contributed by atoms with van der Waals surface area (Å²) in [5, 5.41) is 3.61. The van der Waals surface area contributed by atoms with Crippen molar-refractivity contribution in [1.29, 1.82) is 0 Å². The van der Waals surface area contributed by atoms with Crippen LogP contribution in [0, 0.1) is 16.4 Å². The third kappa shape index (κ3) is 2.22. The first-order valence-corrected chi connectivity index (χ1v) is 6.25. The van der Waals surface area contributed by atoms with Gasteiger partial charge in [-0.25, -0.2) is 0 Å². The van der Waals surface area contributed by atoms with Gasteiger partial charge in [-0.05, 0) is 66.0 Å². The van der Waals surface area contributed by atoms with E-state index >= 15 is 0 Å². The Bertz CT molecular complexity index is 329. The molecule has 76 valence electrons. The molecule has 0 aromatic heterocycles. The number of hydrogen-bond donors (Lipinski definition) is 1. The summed E-state index contributed by atoms with van der Waals surface area (Å²) in [6.07, 6.45) is 2.65. The van der Waals surface area contributed by atoms with Crippen LogP contribution < -0.4 is 5.32 Å². The Morgan fingerprint density at radius 2 is 2.07 bits per heavy atom. The highest BCUT2D eigenvalue weighted by Crippen LogP contribution is 2.30. The highest BCUT2D eigenvalue weighted by molar-refractivity contribution is 14.1. The second-order valence-electron chi connectivity index (χ2n) is 4.38. The summed E-state index contributed by atoms with van der Waals surface area (Å²) >= 11 is 2.36. The predicted molar refractivity (Wildman–Crippen MR) is 69.7 cm³/mol. The third-order valence-electron chi connectivity index (χ3n) is 2.93. The van der Waals surface area contributed by atoms with E-state index in [1.807, 2.05) is 0 Å². The second kappa shape index (κ2) is 4.09. The molecule has 0 atom stereocenters. The van der Waals surface area contributed by atoms with Gasteiger partial charge in [0.15, 0.2) is 0 Å². The van der Waals surface area contributed by atoms with Crippen molar-refractivity contribution in [3.05, 3.63) is 27.3 Å². The van der Waals surface area contributed by atoms with Crippen molar-refractivity contribution < 1.29 is 0 Å². The van der Waals surface area contributed by atoms with Crippen molar-refractivity contribution in [2.45, 2.75) is 32.7 Å². The average molecular weight is 301 g/mol. The maximum absolute atomic E-state index is 3.61. The molecule has 2 rings (SSSR count). The van der Waals surface area contributed by atoms with E-state index < -0.39 is 0 Å². The van der Waals surface area contributed by atoms with Crippen LogP contribution in [0.1, 0.15) is 25.3 Å². The molecule has 0 radical (unpaired) electrons. The lowest BCUT2D eigenvalue weighted by molar-refractivity contribution is 0.309. The lowest BCUT2D eigenvalue weighted by Crippen LogP contribution is -2.33. The van der Waals surface area contributed by atoms with Gasteiger partial charge in [-0.15, -0.1) is 0 Å². The fourth-order valence-electron chi connectivity index (χ4n) is 1.99. The van der Waals surface area contributed by atoms with Crippen LogP contribution in [0.4, 0.5) is 5.69 Å². The molecule has 2 heteroatoms. The van der Waals surface area contributed by atoms with E-state index in [-0.39, 0.29) is 0 Å². The van der Waals surface area contributed by atoms with Crippen molar-refractivity contribution in [2.75, 3.05) is 5.32 Å². The van der Waals surface area contributed by atoms with Crippen molar-refractivity contribution in [1.82, 2.24) is 0 Å². The molecule has 1 aromatic carbocycles. The SMILES string of the molecule is Cc1ccc(I)cc1NC1CC(C)C1. The number of nitrogens with one attached hydrogen (secondary N) is 1. The quantitative estimate of drug-likeness (QED) is 0.819. The fourth-order valence-corrected chi connectivity index (χ4v) is 2.48. The standard InChI is InChI=1S/C12H16IN/c1-8-5-11(6-8)14-12-7-10(13)4-3-9(12)2/h3-4,7-8,11,14H,5-6H2,1-2H3. The topological polar surface area (TPSA) is 12.0 Å². The van der Waals surface area contributed by atoms with Crippen LogP contribution >= 0.6 is 22.6 Å². The van der Waals surface area contributed by atoms with Crippen LogP contribution in [-0.2, 0) is 0 Å². The molecule has 0 heterocycles. The number of halogens is 1. The predicted octanol–water partition coefficient (Wildman–Crippen LogP) is 3.81. The van der Waals surface area contributed by atoms with Crippen LogP contribution in [-0.4, -0.2) is 6.04 Å². The molecular formula is C12H16IN. The Morgan fingerprint density at radius 3 is 2.71 bits per heavy atom. The Morgan fingerprint density at radius 1 is 1.36 bits per heavy atom. The van der Waals surface area contributed by atoms with Crippen LogP contribution in [0.2, 0.25) is 0 Å². The van der Waals surface area contributed by atoms with Crippen molar-refractivity contribution in [3.8, 4) is 0 Å². The Labute approximate surface area is 99.4 Å². The number of rotatable bonds is 2. The number of hydrogen-bond acceptors (Lipinski definition) is 1. The van der Waals surface area contributed by atoms with Crippen LogP contribution in [0.15, 0.2) is 18.2 Å². The zero-order valence-electron chi connectivity index (χ0n) is 8.68. The fraction of sp³-hybridized carbons (Fsp3) is 0.500. The summed E-state index contributed by atoms with van der Waals surface area (Å²) in [6.45, 7) is 4.49. The van der Waals surface area contributed by atoms with Crippen molar-refractivity contribution in [3.63, 3.8) is 0 Å². The monoisotopic (exact) mass is 301 g/mol. The largest absolute Gasteiger partial charge is 0.382 e. The maximum atomic E-state index is 3.61. The van der Waals surface area contributed by atoms with Crippen LogP contribution in [0.25, 0.3) is 0 Å². The van der Waals surface area contributed by atoms with Crippen molar-refractivity contribution in [2.24, 2.45) is 5.92 Å². The van der Waals surface area contributed by atoms with Crippen LogP contribution in [0.3, 0.4) is 0 Å². The summed E-state index contributed by atoms with van der Waals surface area (Å²) < 4.78 is 1.31. The van der Waals surface area contributed by atoms with Gasteiger partial charge in [0.1, 0.15) is 0 Å². The molecule has 0 aliphatic heterocycles. The molecule has 1 saturated carbocycles. The van der Waals surface area contributed by atoms with Gasteiger partial charge in [-0.1, -0.05) is 13.0 Å². The first-order valence-electron chi connectivity index (χ1n) is 5.18. The molecule has 1 aliphatic rings. The average Bonchev–Trinajstić information content (AvgIpc) is 2.09. The molecule has 1 fully saturated rings. The molecule has 14 heavy (non-hydrogen) atoms. The minimum atomic E-state index is 0.710. The van der Waals surface area contributed by atoms with Crippen LogP contribution in [0.5, 0.6) is 0 Å². The van der Waals surface area contributed by atoms with Gasteiger partial charge in [0.25, 0.3) is 0 Å². The zero-order chi connectivity index (χ0) is 10.1. The number of aryl methyl sites for hydroxylation is 1. The molecular weight excluding hydrogens is 285 g/mol. The molecule has 1 aliphatic carbocycles. The smallest absolute Gasteiger partial charge is 0.0382 e. The summed E-state index contributed by atoms with van der Waals surface area (Å²) in [6, 6.07) is 7.29. The summed E-state index contributed by atoms with van der Waals surface area (Å²) in [7, 11) is 0. The van der Waals surface area contributed by atoms with E-state index in [0.717, 1.165) is 5.92 Å². The van der Waals surface area contributed by atoms with E-state index in [4.69, 9.17) is 0 Å². The molecule has 0 unspecified atom stereocenters. The van der Waals surface area contributed by atoms with E-state index in [1.165, 1.54) is 27.7 Å². The number of anilines is 1. The zero-order valence-corrected chi connectivity index (χ0v) is 10.8. The van der Waals surface area contributed by atoms with Gasteiger partial charge in [0, 0.05) is 15.3 Å². The molecule has 1 aromatic rings. The normalized spacial score (nSPS) is 25.6. The highest BCUT2D eigenvalue weighted by atomic mass is 127. The molecule has 0 bridgehead atoms. The first-order chi connectivity index (χ1) is 6.65. The minimum absolute atomic E-state index is 0.710. The molecule has 1 N–H and O–H groups in total. The van der Waals surface area contributed by atoms with Crippen molar-refractivity contribution >= 4 is 28.3 Å². The molecule has 0 amide bonds. The van der Waals surface area contributed by atoms with Gasteiger partial charge < -0.3 is 5.32 Å². The molecule has 0 spiro atoms. The van der Waals surface area contributed by atoms with E-state index in [9.17, 15) is 0 Å². The minimum Gasteiger partial charge on any atom is -0.382 e. The highest BCUT2D eigenvalue weighted by Gasteiger charge is 2.25. The summed E-state index contributed by atoms with van der Waals surface area (Å²) in [5.41, 5.74) is 2.67. The lowest BCUT2D eigenvalue weighted by atomic mass is 9.82. The number of benzene rings is 1. The van der Waals surface area contributed by atoms with Gasteiger partial charge in [0.05, 0.1) is 0 Å². The first kappa shape index (κ1) is 10.3. The van der Waals surface area contributed by atoms with Gasteiger partial charge >= 0.3 is 0 Å². The second-order valence-corrected chi connectivity index (χ2v) is 5.62. The molecule has 1 nitrogen and oxygen atoms in total. The summed E-state index contributed by atoms with van der Waals surface area (Å²) in [4.78, 5) is 0.